The van der Waals surface area contributed by atoms with Gasteiger partial charge in [0.1, 0.15) is 11.6 Å². The van der Waals surface area contributed by atoms with Crippen molar-refractivity contribution in [3.63, 3.8) is 0 Å². The maximum Gasteiger partial charge on any atom is 0.244 e. The summed E-state index contributed by atoms with van der Waals surface area (Å²) in [5.41, 5.74) is 8.61. The largest absolute Gasteiger partial charge is 0.420 e. The quantitative estimate of drug-likeness (QED) is 0.837. The lowest BCUT2D eigenvalue weighted by Gasteiger charge is -2.27. The van der Waals surface area contributed by atoms with E-state index in [0.29, 0.717) is 16.5 Å². The van der Waals surface area contributed by atoms with Crippen molar-refractivity contribution < 1.29 is 4.74 Å². The zero-order chi connectivity index (χ0) is 16.8. The molecule has 0 saturated carbocycles. The van der Waals surface area contributed by atoms with Crippen LogP contribution in [0.1, 0.15) is 43.5 Å². The molecule has 5 nitrogen and oxygen atoms in total. The smallest absolute Gasteiger partial charge is 0.244 e. The topological polar surface area (TPSA) is 87.7 Å². The monoisotopic (exact) mass is 328 g/mol. The molecule has 0 spiro atoms. The summed E-state index contributed by atoms with van der Waals surface area (Å²) >= 11 is 6.38. The van der Waals surface area contributed by atoms with Gasteiger partial charge in [0.05, 0.1) is 11.5 Å². The van der Waals surface area contributed by atoms with Gasteiger partial charge in [0.2, 0.25) is 11.8 Å². The maximum atomic E-state index is 9.60. The SMILES string of the molecule is CC(C)(C)c1[nH]nc2c1C(c1ccccc1Cl)C(C#N)=C(N)O2. The number of hydrogen-bond donors (Lipinski definition) is 2. The Balaban J connectivity index is 2.31. The number of fused-ring (bicyclic) bond motifs is 1. The number of hydrogen-bond acceptors (Lipinski definition) is 4. The van der Waals surface area contributed by atoms with E-state index in [-0.39, 0.29) is 11.3 Å². The van der Waals surface area contributed by atoms with Crippen molar-refractivity contribution in [3.05, 3.63) is 57.6 Å². The van der Waals surface area contributed by atoms with Crippen molar-refractivity contribution in [2.24, 2.45) is 5.73 Å². The van der Waals surface area contributed by atoms with E-state index in [2.05, 4.69) is 37.0 Å². The molecule has 1 aromatic heterocycles. The minimum atomic E-state index is -0.398. The summed E-state index contributed by atoms with van der Waals surface area (Å²) in [6, 6.07) is 9.60. The third-order valence-corrected chi connectivity index (χ3v) is 4.25. The number of halogens is 1. The molecule has 2 heterocycles. The Bertz CT molecular complexity index is 839. The second kappa shape index (κ2) is 5.32. The third kappa shape index (κ3) is 2.45. The molecule has 1 aliphatic heterocycles. The molecule has 0 fully saturated rings. The summed E-state index contributed by atoms with van der Waals surface area (Å²) in [5, 5.41) is 17.4. The first kappa shape index (κ1) is 15.4. The zero-order valence-electron chi connectivity index (χ0n) is 13.1. The van der Waals surface area contributed by atoms with Crippen LogP contribution in [0.15, 0.2) is 35.7 Å². The summed E-state index contributed by atoms with van der Waals surface area (Å²) < 4.78 is 5.55. The van der Waals surface area contributed by atoms with Crippen LogP contribution >= 0.6 is 11.6 Å². The van der Waals surface area contributed by atoms with E-state index in [4.69, 9.17) is 22.1 Å². The van der Waals surface area contributed by atoms with Crippen LogP contribution in [0, 0.1) is 11.3 Å². The van der Waals surface area contributed by atoms with Gasteiger partial charge in [0.15, 0.2) is 0 Å². The zero-order valence-corrected chi connectivity index (χ0v) is 13.9. The molecule has 3 N–H and O–H groups in total. The fraction of sp³-hybridized carbons (Fsp3) is 0.294. The van der Waals surface area contributed by atoms with Gasteiger partial charge in [0, 0.05) is 16.1 Å². The van der Waals surface area contributed by atoms with E-state index in [1.807, 2.05) is 18.2 Å². The van der Waals surface area contributed by atoms with Crippen LogP contribution < -0.4 is 10.5 Å². The van der Waals surface area contributed by atoms with Gasteiger partial charge in [-0.25, -0.2) is 0 Å². The molecule has 118 valence electrons. The Morgan fingerprint density at radius 1 is 1.35 bits per heavy atom. The Hall–Kier alpha value is -2.45. The molecule has 0 bridgehead atoms. The summed E-state index contributed by atoms with van der Waals surface area (Å²) in [6.45, 7) is 6.20. The molecule has 0 saturated heterocycles. The van der Waals surface area contributed by atoms with Gasteiger partial charge in [-0.3, -0.25) is 5.10 Å². The Morgan fingerprint density at radius 2 is 2.04 bits per heavy atom. The first-order valence-electron chi connectivity index (χ1n) is 7.25. The van der Waals surface area contributed by atoms with Gasteiger partial charge in [-0.05, 0) is 11.6 Å². The number of ether oxygens (including phenoxy) is 1. The predicted molar refractivity (Wildman–Crippen MR) is 88.0 cm³/mol. The highest BCUT2D eigenvalue weighted by molar-refractivity contribution is 6.31. The fourth-order valence-corrected chi connectivity index (χ4v) is 3.08. The number of nitrogens with two attached hydrogens (primary N) is 1. The van der Waals surface area contributed by atoms with Crippen molar-refractivity contribution in [2.45, 2.75) is 32.1 Å². The highest BCUT2D eigenvalue weighted by Gasteiger charge is 2.38. The van der Waals surface area contributed by atoms with Crippen LogP contribution in [0.5, 0.6) is 5.88 Å². The van der Waals surface area contributed by atoms with Gasteiger partial charge >= 0.3 is 0 Å². The molecule has 3 rings (SSSR count). The Labute approximate surface area is 139 Å². The molecule has 23 heavy (non-hydrogen) atoms. The number of nitrogens with zero attached hydrogens (tertiary/aromatic N) is 2. The minimum absolute atomic E-state index is 0.0666. The molecule has 0 radical (unpaired) electrons. The predicted octanol–water partition coefficient (Wildman–Crippen LogP) is 3.58. The van der Waals surface area contributed by atoms with E-state index >= 15 is 0 Å². The number of nitriles is 1. The van der Waals surface area contributed by atoms with Crippen molar-refractivity contribution in [3.8, 4) is 11.9 Å². The first-order chi connectivity index (χ1) is 10.8. The lowest BCUT2D eigenvalue weighted by Crippen LogP contribution is -2.24. The first-order valence-corrected chi connectivity index (χ1v) is 7.63. The van der Waals surface area contributed by atoms with Crippen LogP contribution in [0.3, 0.4) is 0 Å². The second-order valence-corrected chi connectivity index (χ2v) is 6.92. The normalized spacial score (nSPS) is 17.4. The second-order valence-electron chi connectivity index (χ2n) is 6.51. The Morgan fingerprint density at radius 3 is 2.65 bits per heavy atom. The summed E-state index contributed by atoms with van der Waals surface area (Å²) in [7, 11) is 0. The lowest BCUT2D eigenvalue weighted by molar-refractivity contribution is 0.378. The molecular weight excluding hydrogens is 312 g/mol. The number of benzene rings is 1. The van der Waals surface area contributed by atoms with Crippen molar-refractivity contribution in [1.82, 2.24) is 10.2 Å². The molecular formula is C17H17ClN4O. The number of aromatic amines is 1. The molecule has 1 aromatic carbocycles. The van der Waals surface area contributed by atoms with E-state index in [9.17, 15) is 5.26 Å². The maximum absolute atomic E-state index is 9.60. The molecule has 2 aromatic rings. The van der Waals surface area contributed by atoms with Crippen LogP contribution in [0.2, 0.25) is 5.02 Å². The van der Waals surface area contributed by atoms with Crippen molar-refractivity contribution in [1.29, 1.82) is 5.26 Å². The molecule has 1 aliphatic rings. The molecule has 1 unspecified atom stereocenters. The number of H-pyrrole nitrogens is 1. The van der Waals surface area contributed by atoms with E-state index in [0.717, 1.165) is 16.8 Å². The average molecular weight is 329 g/mol. The molecule has 6 heteroatoms. The molecule has 0 amide bonds. The van der Waals surface area contributed by atoms with Crippen molar-refractivity contribution >= 4 is 11.6 Å². The number of rotatable bonds is 1. The van der Waals surface area contributed by atoms with Gasteiger partial charge in [-0.2, -0.15) is 5.26 Å². The van der Waals surface area contributed by atoms with E-state index in [1.54, 1.807) is 6.07 Å². The summed E-state index contributed by atoms with van der Waals surface area (Å²) in [5.74, 6) is 0.0682. The highest BCUT2D eigenvalue weighted by atomic mass is 35.5. The van der Waals surface area contributed by atoms with Crippen LogP contribution in [-0.4, -0.2) is 10.2 Å². The standard InChI is InChI=1S/C17H17ClN4O/c1-17(2,3)14-13-12(9-6-4-5-7-11(9)18)10(8-19)15(20)23-16(13)22-21-14/h4-7,12H,20H2,1-3H3,(H,21,22). The lowest BCUT2D eigenvalue weighted by atomic mass is 9.79. The average Bonchev–Trinajstić information content (AvgIpc) is 2.90. The fourth-order valence-electron chi connectivity index (χ4n) is 2.84. The minimum Gasteiger partial charge on any atom is -0.420 e. The number of allylic oxidation sites excluding steroid dienone is 1. The molecule has 0 aliphatic carbocycles. The van der Waals surface area contributed by atoms with E-state index < -0.39 is 5.92 Å². The summed E-state index contributed by atoms with van der Waals surface area (Å²) in [6.07, 6.45) is 0. The van der Waals surface area contributed by atoms with Gasteiger partial charge in [-0.1, -0.05) is 50.6 Å². The van der Waals surface area contributed by atoms with Crippen molar-refractivity contribution in [2.75, 3.05) is 0 Å². The van der Waals surface area contributed by atoms with E-state index in [1.165, 1.54) is 0 Å². The highest BCUT2D eigenvalue weighted by Crippen LogP contribution is 2.46. The van der Waals surface area contributed by atoms with Gasteiger partial charge in [0.25, 0.3) is 0 Å². The van der Waals surface area contributed by atoms with Crippen LogP contribution in [-0.2, 0) is 5.41 Å². The number of nitrogens with one attached hydrogen (secondary N) is 1. The van der Waals surface area contributed by atoms with Crippen LogP contribution in [0.4, 0.5) is 0 Å². The third-order valence-electron chi connectivity index (χ3n) is 3.91. The summed E-state index contributed by atoms with van der Waals surface area (Å²) in [4.78, 5) is 0. The molecule has 1 atom stereocenters. The van der Waals surface area contributed by atoms with Gasteiger partial charge < -0.3 is 10.5 Å². The Kier molecular flexibility index (Phi) is 3.57. The number of aromatic nitrogens is 2. The van der Waals surface area contributed by atoms with Gasteiger partial charge in [-0.15, -0.1) is 5.10 Å². The van der Waals surface area contributed by atoms with Crippen LogP contribution in [0.25, 0.3) is 0 Å².